The molecule has 1 atom stereocenters. The highest BCUT2D eigenvalue weighted by Crippen LogP contribution is 2.32. The number of benzene rings is 1. The van der Waals surface area contributed by atoms with Crippen LogP contribution in [-0.4, -0.2) is 40.3 Å². The second-order valence-electron chi connectivity index (χ2n) is 8.25. The number of ether oxygens (including phenoxy) is 3. The highest BCUT2D eigenvalue weighted by atomic mass is 19.4. The van der Waals surface area contributed by atoms with E-state index in [1.807, 2.05) is 0 Å². The predicted molar refractivity (Wildman–Crippen MR) is 115 cm³/mol. The van der Waals surface area contributed by atoms with Gasteiger partial charge in [0.05, 0.1) is 25.5 Å². The summed E-state index contributed by atoms with van der Waals surface area (Å²) in [6, 6.07) is 5.22. The molecule has 4 heterocycles. The van der Waals surface area contributed by atoms with Crippen LogP contribution in [0.4, 0.5) is 27.8 Å². The summed E-state index contributed by atoms with van der Waals surface area (Å²) in [6.07, 6.45) is -3.18. The average molecular weight is 510 g/mol. The Kier molecular flexibility index (Phi) is 6.24. The van der Waals surface area contributed by atoms with Crippen molar-refractivity contribution in [1.29, 1.82) is 0 Å². The molecule has 13 heteroatoms. The molecule has 190 valence electrons. The van der Waals surface area contributed by atoms with Gasteiger partial charge in [0.2, 0.25) is 5.88 Å². The molecule has 1 fully saturated rings. The van der Waals surface area contributed by atoms with Gasteiger partial charge in [0.25, 0.3) is 0 Å². The van der Waals surface area contributed by atoms with E-state index >= 15 is 0 Å². The fourth-order valence-corrected chi connectivity index (χ4v) is 4.15. The fraction of sp³-hybridized carbons (Fsp3) is 0.348. The first kappa shape index (κ1) is 24.0. The van der Waals surface area contributed by atoms with E-state index in [2.05, 4.69) is 14.9 Å². The lowest BCUT2D eigenvalue weighted by atomic mass is 10.1. The quantitative estimate of drug-likeness (QED) is 0.482. The van der Waals surface area contributed by atoms with E-state index < -0.39 is 34.9 Å². The normalized spacial score (nSPS) is 17.4. The summed E-state index contributed by atoms with van der Waals surface area (Å²) in [7, 11) is 0. The fourth-order valence-electron chi connectivity index (χ4n) is 4.15. The molecule has 0 bridgehead atoms. The molecule has 3 aromatic rings. The largest absolute Gasteiger partial charge is 0.473 e. The van der Waals surface area contributed by atoms with Crippen molar-refractivity contribution in [2.75, 3.05) is 24.7 Å². The van der Waals surface area contributed by atoms with Crippen molar-refractivity contribution < 1.29 is 36.2 Å². The summed E-state index contributed by atoms with van der Waals surface area (Å²) < 4.78 is 84.7. The number of halogens is 5. The Morgan fingerprint density at radius 3 is 2.58 bits per heavy atom. The van der Waals surface area contributed by atoms with Crippen LogP contribution in [0.25, 0.3) is 0 Å². The van der Waals surface area contributed by atoms with Crippen molar-refractivity contribution in [3.05, 3.63) is 69.9 Å². The Morgan fingerprint density at radius 2 is 1.89 bits per heavy atom. The van der Waals surface area contributed by atoms with Gasteiger partial charge in [-0.1, -0.05) is 0 Å². The van der Waals surface area contributed by atoms with E-state index in [1.54, 1.807) is 10.6 Å². The summed E-state index contributed by atoms with van der Waals surface area (Å²) >= 11 is 0. The Labute approximate surface area is 200 Å². The zero-order valence-corrected chi connectivity index (χ0v) is 18.6. The molecule has 0 amide bonds. The van der Waals surface area contributed by atoms with Crippen molar-refractivity contribution in [3.63, 3.8) is 0 Å². The number of pyridine rings is 1. The number of hydrogen-bond donors (Lipinski definition) is 0. The predicted octanol–water partition coefficient (Wildman–Crippen LogP) is 3.92. The lowest BCUT2D eigenvalue weighted by Gasteiger charge is -2.41. The van der Waals surface area contributed by atoms with Crippen LogP contribution in [0.5, 0.6) is 17.4 Å². The minimum absolute atomic E-state index is 0.00960. The number of aromatic nitrogens is 3. The van der Waals surface area contributed by atoms with Gasteiger partial charge in [0, 0.05) is 19.2 Å². The first-order valence-corrected chi connectivity index (χ1v) is 11.0. The smallest absolute Gasteiger partial charge is 0.433 e. The molecule has 1 aromatic carbocycles. The Morgan fingerprint density at radius 1 is 1.11 bits per heavy atom. The topological polar surface area (TPSA) is 78.7 Å². The molecular weight excluding hydrogens is 491 g/mol. The number of hydrogen-bond acceptors (Lipinski definition) is 7. The van der Waals surface area contributed by atoms with Crippen molar-refractivity contribution in [1.82, 2.24) is 14.5 Å². The van der Waals surface area contributed by atoms with Gasteiger partial charge in [-0.2, -0.15) is 18.2 Å². The van der Waals surface area contributed by atoms with Gasteiger partial charge in [-0.25, -0.2) is 18.6 Å². The van der Waals surface area contributed by atoms with Gasteiger partial charge < -0.3 is 19.1 Å². The molecule has 8 nitrogen and oxygen atoms in total. The van der Waals surface area contributed by atoms with Gasteiger partial charge in [-0.3, -0.25) is 4.57 Å². The standard InChI is InChI=1S/C23H19F5N4O4/c24-16-7-13(8-17(25)21(16)36-15-1-2-18(29-10-15)23(26,27)28)11-35-19-9-20-31-5-6-34-12-14(31)3-4-32(20)22(33)30-19/h1-2,7-10,14H,3-6,11-12H2/t14-/m0/s1. The molecule has 0 radical (unpaired) electrons. The third kappa shape index (κ3) is 4.83. The second-order valence-corrected chi connectivity index (χ2v) is 8.25. The lowest BCUT2D eigenvalue weighted by molar-refractivity contribution is -0.141. The average Bonchev–Trinajstić information content (AvgIpc) is 2.84. The summed E-state index contributed by atoms with van der Waals surface area (Å²) in [4.78, 5) is 21.6. The molecule has 1 saturated heterocycles. The number of rotatable bonds is 5. The van der Waals surface area contributed by atoms with Crippen molar-refractivity contribution >= 4 is 5.82 Å². The molecule has 36 heavy (non-hydrogen) atoms. The maximum absolute atomic E-state index is 14.6. The molecule has 0 N–H and O–H groups in total. The summed E-state index contributed by atoms with van der Waals surface area (Å²) in [5.74, 6) is -2.61. The van der Waals surface area contributed by atoms with E-state index in [0.29, 0.717) is 38.2 Å². The van der Waals surface area contributed by atoms with Crippen LogP contribution in [0, 0.1) is 11.6 Å². The Balaban J connectivity index is 1.30. The van der Waals surface area contributed by atoms with Gasteiger partial charge in [0.15, 0.2) is 17.4 Å². The summed E-state index contributed by atoms with van der Waals surface area (Å²) in [6.45, 7) is 1.90. The minimum Gasteiger partial charge on any atom is -0.473 e. The van der Waals surface area contributed by atoms with Gasteiger partial charge >= 0.3 is 11.9 Å². The molecule has 0 spiro atoms. The monoisotopic (exact) mass is 510 g/mol. The molecule has 0 unspecified atom stereocenters. The number of alkyl halides is 3. The van der Waals surface area contributed by atoms with E-state index in [9.17, 15) is 26.7 Å². The zero-order chi connectivity index (χ0) is 25.4. The van der Waals surface area contributed by atoms with Crippen molar-refractivity contribution in [2.24, 2.45) is 0 Å². The lowest BCUT2D eigenvalue weighted by Crippen LogP contribution is -2.51. The first-order valence-electron chi connectivity index (χ1n) is 11.0. The highest BCUT2D eigenvalue weighted by molar-refractivity contribution is 5.45. The van der Waals surface area contributed by atoms with Crippen molar-refractivity contribution in [3.8, 4) is 17.4 Å². The Hall–Kier alpha value is -3.74. The molecule has 5 rings (SSSR count). The van der Waals surface area contributed by atoms with Crippen LogP contribution in [0.2, 0.25) is 0 Å². The van der Waals surface area contributed by atoms with E-state index in [4.69, 9.17) is 14.2 Å². The molecular formula is C23H19F5N4O4. The SMILES string of the molecule is O=c1nc(OCc2cc(F)c(Oc3ccc(C(F)(F)F)nc3)c(F)c2)cc2n1CC[C@H]1COCCN21. The maximum Gasteiger partial charge on any atom is 0.433 e. The van der Waals surface area contributed by atoms with Crippen molar-refractivity contribution in [2.45, 2.75) is 31.8 Å². The van der Waals surface area contributed by atoms with E-state index in [-0.39, 0.29) is 29.8 Å². The van der Waals surface area contributed by atoms with Crippen LogP contribution < -0.4 is 20.1 Å². The molecule has 0 saturated carbocycles. The van der Waals surface area contributed by atoms with Crippen LogP contribution in [0.3, 0.4) is 0 Å². The number of anilines is 1. The minimum atomic E-state index is -4.65. The van der Waals surface area contributed by atoms with Crippen LogP contribution in [0.15, 0.2) is 41.3 Å². The summed E-state index contributed by atoms with van der Waals surface area (Å²) in [5.41, 5.74) is -1.56. The number of nitrogens with zero attached hydrogens (tertiary/aromatic N) is 4. The molecule has 2 aliphatic heterocycles. The Bertz CT molecular complexity index is 1310. The van der Waals surface area contributed by atoms with E-state index in [1.165, 1.54) is 0 Å². The summed E-state index contributed by atoms with van der Waals surface area (Å²) in [5, 5.41) is 0. The van der Waals surface area contributed by atoms with Crippen LogP contribution >= 0.6 is 0 Å². The number of morpholine rings is 1. The van der Waals surface area contributed by atoms with Crippen LogP contribution in [0.1, 0.15) is 17.7 Å². The molecule has 0 aliphatic carbocycles. The zero-order valence-electron chi connectivity index (χ0n) is 18.6. The maximum atomic E-state index is 14.6. The second kappa shape index (κ2) is 9.37. The van der Waals surface area contributed by atoms with E-state index in [0.717, 1.165) is 30.8 Å². The highest BCUT2D eigenvalue weighted by Gasteiger charge is 2.32. The van der Waals surface area contributed by atoms with Gasteiger partial charge in [-0.15, -0.1) is 0 Å². The van der Waals surface area contributed by atoms with Gasteiger partial charge in [0.1, 0.15) is 23.9 Å². The first-order chi connectivity index (χ1) is 17.2. The van der Waals surface area contributed by atoms with Gasteiger partial charge in [-0.05, 0) is 36.2 Å². The number of fused-ring (bicyclic) bond motifs is 3. The van der Waals surface area contributed by atoms with Crippen LogP contribution in [-0.2, 0) is 24.1 Å². The molecule has 2 aliphatic rings. The third-order valence-corrected chi connectivity index (χ3v) is 5.87. The molecule has 2 aromatic heterocycles. The third-order valence-electron chi connectivity index (χ3n) is 5.87.